The highest BCUT2D eigenvalue weighted by Gasteiger charge is 2.30. The zero-order valence-electron chi connectivity index (χ0n) is 10.8. The van der Waals surface area contributed by atoms with Crippen molar-refractivity contribution in [3.8, 4) is 5.75 Å². The molecule has 0 aromatic carbocycles. The van der Waals surface area contributed by atoms with Gasteiger partial charge in [0.2, 0.25) is 0 Å². The van der Waals surface area contributed by atoms with Crippen molar-refractivity contribution in [1.29, 1.82) is 0 Å². The number of rotatable bonds is 4. The fraction of sp³-hybridized carbons (Fsp3) is 0.286. The second kappa shape index (κ2) is 5.22. The number of aliphatic carboxylic acids is 1. The van der Waals surface area contributed by atoms with Crippen LogP contribution < -0.4 is 4.74 Å². The number of pyridine rings is 1. The summed E-state index contributed by atoms with van der Waals surface area (Å²) in [5.74, 6) is -0.473. The predicted molar refractivity (Wildman–Crippen MR) is 73.1 cm³/mol. The minimum atomic E-state index is -1.00. The van der Waals surface area contributed by atoms with E-state index in [2.05, 4.69) is 4.98 Å². The van der Waals surface area contributed by atoms with Crippen LogP contribution in [0.25, 0.3) is 0 Å². The monoisotopic (exact) mass is 291 g/mol. The van der Waals surface area contributed by atoms with Crippen molar-refractivity contribution >= 4 is 17.3 Å². The molecule has 0 saturated carbocycles. The van der Waals surface area contributed by atoms with Gasteiger partial charge in [-0.25, -0.2) is 4.79 Å². The van der Waals surface area contributed by atoms with Crippen LogP contribution in [-0.4, -0.2) is 22.7 Å². The molecule has 3 heterocycles. The van der Waals surface area contributed by atoms with Crippen LogP contribution in [0.15, 0.2) is 23.7 Å². The van der Waals surface area contributed by atoms with Crippen LogP contribution in [0.2, 0.25) is 0 Å². The van der Waals surface area contributed by atoms with Gasteiger partial charge < -0.3 is 14.6 Å². The van der Waals surface area contributed by atoms with Gasteiger partial charge in [-0.2, -0.15) is 0 Å². The van der Waals surface area contributed by atoms with Gasteiger partial charge in [-0.1, -0.05) is 6.07 Å². The second-order valence-corrected chi connectivity index (χ2v) is 5.47. The van der Waals surface area contributed by atoms with Crippen LogP contribution in [0.4, 0.5) is 0 Å². The standard InChI is InChI=1S/C14H13NO4S/c1-8-13(19-7-12(16)17)10-6-18-14(9(10)5-15-8)11-3-2-4-20-11/h2-5,14H,6-7H2,1H3,(H,16,17). The molecule has 0 bridgehead atoms. The predicted octanol–water partition coefficient (Wildman–Crippen LogP) is 2.53. The topological polar surface area (TPSA) is 68.7 Å². The third-order valence-electron chi connectivity index (χ3n) is 3.17. The van der Waals surface area contributed by atoms with Crippen LogP contribution in [-0.2, 0) is 16.1 Å². The minimum Gasteiger partial charge on any atom is -0.480 e. The van der Waals surface area contributed by atoms with Crippen molar-refractivity contribution in [3.63, 3.8) is 0 Å². The molecule has 0 saturated heterocycles. The van der Waals surface area contributed by atoms with Gasteiger partial charge in [-0.05, 0) is 18.4 Å². The van der Waals surface area contributed by atoms with Gasteiger partial charge >= 0.3 is 5.97 Å². The van der Waals surface area contributed by atoms with Crippen molar-refractivity contribution in [2.24, 2.45) is 0 Å². The molecule has 0 fully saturated rings. The molecule has 6 heteroatoms. The van der Waals surface area contributed by atoms with E-state index in [-0.39, 0.29) is 12.7 Å². The van der Waals surface area contributed by atoms with Crippen LogP contribution in [0.1, 0.15) is 27.8 Å². The summed E-state index contributed by atoms with van der Waals surface area (Å²) in [4.78, 5) is 16.1. The minimum absolute atomic E-state index is 0.134. The Hall–Kier alpha value is -1.92. The Balaban J connectivity index is 1.96. The Morgan fingerprint density at radius 3 is 3.20 bits per heavy atom. The quantitative estimate of drug-likeness (QED) is 0.937. The number of carbonyl (C=O) groups is 1. The van der Waals surface area contributed by atoms with Crippen molar-refractivity contribution < 1.29 is 19.4 Å². The first-order chi connectivity index (χ1) is 9.66. The molecule has 1 aliphatic rings. The molecule has 0 spiro atoms. The number of thiophene rings is 1. The number of nitrogens with zero attached hydrogens (tertiary/aromatic N) is 1. The summed E-state index contributed by atoms with van der Waals surface area (Å²) in [6.45, 7) is 1.84. The van der Waals surface area contributed by atoms with Gasteiger partial charge in [-0.15, -0.1) is 11.3 Å². The number of aryl methyl sites for hydroxylation is 1. The molecule has 20 heavy (non-hydrogen) atoms. The largest absolute Gasteiger partial charge is 0.480 e. The molecule has 1 aliphatic heterocycles. The van der Waals surface area contributed by atoms with Crippen LogP contribution in [0, 0.1) is 6.92 Å². The first-order valence-corrected chi connectivity index (χ1v) is 7.02. The Morgan fingerprint density at radius 1 is 1.65 bits per heavy atom. The van der Waals surface area contributed by atoms with Crippen LogP contribution in [0.3, 0.4) is 0 Å². The van der Waals surface area contributed by atoms with E-state index in [0.29, 0.717) is 18.1 Å². The maximum absolute atomic E-state index is 10.7. The van der Waals surface area contributed by atoms with Gasteiger partial charge in [0.25, 0.3) is 0 Å². The summed E-state index contributed by atoms with van der Waals surface area (Å²) in [7, 11) is 0. The molecule has 1 atom stereocenters. The van der Waals surface area contributed by atoms with Crippen molar-refractivity contribution in [1.82, 2.24) is 4.98 Å². The van der Waals surface area contributed by atoms with Gasteiger partial charge in [0, 0.05) is 22.2 Å². The number of aromatic nitrogens is 1. The maximum Gasteiger partial charge on any atom is 0.341 e. The molecule has 0 amide bonds. The molecule has 104 valence electrons. The lowest BCUT2D eigenvalue weighted by atomic mass is 10.1. The van der Waals surface area contributed by atoms with E-state index in [9.17, 15) is 4.79 Å². The van der Waals surface area contributed by atoms with E-state index in [1.807, 2.05) is 17.5 Å². The lowest BCUT2D eigenvalue weighted by molar-refractivity contribution is -0.139. The number of carboxylic acid groups (broad SMARTS) is 1. The molecule has 0 radical (unpaired) electrons. The Labute approximate surface area is 119 Å². The number of fused-ring (bicyclic) bond motifs is 1. The normalized spacial score (nSPS) is 16.9. The van der Waals surface area contributed by atoms with Crippen molar-refractivity contribution in [2.75, 3.05) is 6.61 Å². The maximum atomic E-state index is 10.7. The highest BCUT2D eigenvalue weighted by molar-refractivity contribution is 7.10. The summed E-state index contributed by atoms with van der Waals surface area (Å²) < 4.78 is 11.2. The van der Waals surface area contributed by atoms with Gasteiger partial charge in [0.1, 0.15) is 11.9 Å². The van der Waals surface area contributed by atoms with Crippen LogP contribution >= 0.6 is 11.3 Å². The molecule has 5 nitrogen and oxygen atoms in total. The van der Waals surface area contributed by atoms with Crippen LogP contribution in [0.5, 0.6) is 5.75 Å². The number of hydrogen-bond donors (Lipinski definition) is 1. The molecule has 1 unspecified atom stereocenters. The fourth-order valence-electron chi connectivity index (χ4n) is 2.28. The van der Waals surface area contributed by atoms with E-state index >= 15 is 0 Å². The summed E-state index contributed by atoms with van der Waals surface area (Å²) in [5.41, 5.74) is 2.54. The third kappa shape index (κ3) is 2.28. The third-order valence-corrected chi connectivity index (χ3v) is 4.08. The van der Waals surface area contributed by atoms with Gasteiger partial charge in [0.15, 0.2) is 6.61 Å². The summed E-state index contributed by atoms with van der Waals surface area (Å²) in [5, 5.41) is 10.7. The summed E-state index contributed by atoms with van der Waals surface area (Å²) in [6, 6.07) is 3.99. The lowest BCUT2D eigenvalue weighted by Gasteiger charge is -2.12. The highest BCUT2D eigenvalue weighted by atomic mass is 32.1. The highest BCUT2D eigenvalue weighted by Crippen LogP contribution is 2.41. The van der Waals surface area contributed by atoms with Crippen molar-refractivity contribution in [3.05, 3.63) is 45.4 Å². The zero-order valence-corrected chi connectivity index (χ0v) is 11.6. The first kappa shape index (κ1) is 13.1. The van der Waals surface area contributed by atoms with E-state index in [1.54, 1.807) is 24.5 Å². The zero-order chi connectivity index (χ0) is 14.1. The molecular weight excluding hydrogens is 278 g/mol. The summed E-state index contributed by atoms with van der Waals surface area (Å²) in [6.07, 6.45) is 1.65. The number of carboxylic acids is 1. The smallest absolute Gasteiger partial charge is 0.341 e. The Kier molecular flexibility index (Phi) is 3.42. The molecule has 0 aliphatic carbocycles. The van der Waals surface area contributed by atoms with E-state index in [0.717, 1.165) is 16.0 Å². The Bertz CT molecular complexity index is 639. The van der Waals surface area contributed by atoms with Crippen molar-refractivity contribution in [2.45, 2.75) is 19.6 Å². The van der Waals surface area contributed by atoms with E-state index in [1.165, 1.54) is 0 Å². The average molecular weight is 291 g/mol. The SMILES string of the molecule is Cc1ncc2c(c1OCC(=O)O)COC2c1cccs1. The molecular formula is C14H13NO4S. The lowest BCUT2D eigenvalue weighted by Crippen LogP contribution is -2.12. The van der Waals surface area contributed by atoms with E-state index in [4.69, 9.17) is 14.6 Å². The second-order valence-electron chi connectivity index (χ2n) is 4.50. The average Bonchev–Trinajstić information content (AvgIpc) is 3.05. The van der Waals surface area contributed by atoms with Gasteiger partial charge in [0.05, 0.1) is 12.3 Å². The van der Waals surface area contributed by atoms with E-state index < -0.39 is 5.97 Å². The molecule has 2 aromatic heterocycles. The summed E-state index contributed by atoms with van der Waals surface area (Å²) >= 11 is 1.62. The Morgan fingerprint density at radius 2 is 2.50 bits per heavy atom. The molecule has 3 rings (SSSR count). The molecule has 1 N–H and O–H groups in total. The fourth-order valence-corrected chi connectivity index (χ4v) is 3.07. The molecule has 2 aromatic rings. The first-order valence-electron chi connectivity index (χ1n) is 6.15. The number of ether oxygens (including phenoxy) is 2. The number of hydrogen-bond acceptors (Lipinski definition) is 5. The van der Waals surface area contributed by atoms with Gasteiger partial charge in [-0.3, -0.25) is 4.98 Å².